The second kappa shape index (κ2) is 5.66. The topological polar surface area (TPSA) is 59.8 Å². The van der Waals surface area contributed by atoms with Crippen molar-refractivity contribution >= 4 is 32.6 Å². The summed E-state index contributed by atoms with van der Waals surface area (Å²) in [4.78, 5) is 16.9. The lowest BCUT2D eigenvalue weighted by Gasteiger charge is -2.21. The molecule has 1 amide bonds. The van der Waals surface area contributed by atoms with Crippen molar-refractivity contribution in [2.24, 2.45) is 0 Å². The molecule has 0 bridgehead atoms. The van der Waals surface area contributed by atoms with Gasteiger partial charge in [0.2, 0.25) is 0 Å². The van der Waals surface area contributed by atoms with Crippen LogP contribution < -0.4 is 5.32 Å². The zero-order chi connectivity index (χ0) is 17.6. The van der Waals surface area contributed by atoms with Crippen molar-refractivity contribution in [2.75, 3.05) is 5.32 Å². The van der Waals surface area contributed by atoms with Crippen LogP contribution in [0.15, 0.2) is 18.3 Å². The number of carbonyl (C=O) groups excluding carboxylic acids is 1. The van der Waals surface area contributed by atoms with E-state index in [1.54, 1.807) is 19.2 Å². The molecule has 1 aromatic carbocycles. The fraction of sp³-hybridized carbons (Fsp3) is 0.353. The zero-order valence-electron chi connectivity index (χ0n) is 14.3. The van der Waals surface area contributed by atoms with Crippen molar-refractivity contribution in [3.8, 4) is 0 Å². The molecule has 1 N–H and O–H groups in total. The predicted molar refractivity (Wildman–Crippen MR) is 94.2 cm³/mol. The van der Waals surface area contributed by atoms with Crippen molar-refractivity contribution in [3.63, 3.8) is 0 Å². The molecule has 0 saturated heterocycles. The van der Waals surface area contributed by atoms with E-state index >= 15 is 0 Å². The van der Waals surface area contributed by atoms with Gasteiger partial charge in [0.1, 0.15) is 5.82 Å². The Morgan fingerprint density at radius 3 is 2.62 bits per heavy atom. The fourth-order valence-corrected chi connectivity index (χ4v) is 3.55. The first-order chi connectivity index (χ1) is 11.2. The lowest BCUT2D eigenvalue weighted by molar-refractivity contribution is 0.102. The lowest BCUT2D eigenvalue weighted by Crippen LogP contribution is -2.25. The molecule has 126 valence electrons. The monoisotopic (exact) mass is 346 g/mol. The first-order valence-electron chi connectivity index (χ1n) is 7.60. The Hall–Kier alpha value is -2.28. The third-order valence-corrected chi connectivity index (χ3v) is 4.79. The van der Waals surface area contributed by atoms with E-state index in [2.05, 4.69) is 15.4 Å². The Kier molecular flexibility index (Phi) is 3.91. The molecule has 0 unspecified atom stereocenters. The minimum Gasteiger partial charge on any atom is -0.298 e. The van der Waals surface area contributed by atoms with Crippen molar-refractivity contribution in [1.29, 1.82) is 0 Å². The van der Waals surface area contributed by atoms with E-state index in [4.69, 9.17) is 0 Å². The van der Waals surface area contributed by atoms with Gasteiger partial charge in [0.05, 0.1) is 27.5 Å². The molecule has 3 aromatic rings. The van der Waals surface area contributed by atoms with Gasteiger partial charge in [-0.25, -0.2) is 9.37 Å². The van der Waals surface area contributed by atoms with E-state index in [0.717, 1.165) is 10.4 Å². The standard InChI is InChI=1S/C17H19FN4OS/c1-9-12(18)6-7-13-14(9)20-16(24-13)21-15(23)11-8-19-22(10(11)2)17(3,4)5/h6-8H,1-5H3,(H,20,21,23). The number of hydrogen-bond donors (Lipinski definition) is 1. The first kappa shape index (κ1) is 16.6. The maximum Gasteiger partial charge on any atom is 0.260 e. The molecule has 0 aliphatic heterocycles. The van der Waals surface area contributed by atoms with Crippen molar-refractivity contribution in [1.82, 2.24) is 14.8 Å². The first-order valence-corrected chi connectivity index (χ1v) is 8.42. The minimum atomic E-state index is -0.298. The molecule has 0 spiro atoms. The van der Waals surface area contributed by atoms with E-state index in [9.17, 15) is 9.18 Å². The molecular weight excluding hydrogens is 327 g/mol. The maximum absolute atomic E-state index is 13.6. The lowest BCUT2D eigenvalue weighted by atomic mass is 10.1. The van der Waals surface area contributed by atoms with Crippen LogP contribution in [0.3, 0.4) is 0 Å². The van der Waals surface area contributed by atoms with E-state index in [-0.39, 0.29) is 17.3 Å². The fourth-order valence-electron chi connectivity index (χ4n) is 2.63. The van der Waals surface area contributed by atoms with Crippen molar-refractivity contribution in [3.05, 3.63) is 41.0 Å². The van der Waals surface area contributed by atoms with Gasteiger partial charge in [-0.3, -0.25) is 14.8 Å². The Balaban J connectivity index is 1.91. The Morgan fingerprint density at radius 2 is 2.00 bits per heavy atom. The van der Waals surface area contributed by atoms with Gasteiger partial charge in [-0.2, -0.15) is 5.10 Å². The third-order valence-electron chi connectivity index (χ3n) is 3.86. The highest BCUT2D eigenvalue weighted by Crippen LogP contribution is 2.30. The number of fused-ring (bicyclic) bond motifs is 1. The summed E-state index contributed by atoms with van der Waals surface area (Å²) in [5.74, 6) is -0.562. The summed E-state index contributed by atoms with van der Waals surface area (Å²) in [6.45, 7) is 9.63. The molecule has 5 nitrogen and oxygen atoms in total. The summed E-state index contributed by atoms with van der Waals surface area (Å²) in [6.07, 6.45) is 1.56. The van der Waals surface area contributed by atoms with Crippen LogP contribution in [0, 0.1) is 19.7 Å². The molecule has 0 aliphatic carbocycles. The summed E-state index contributed by atoms with van der Waals surface area (Å²) in [5, 5.41) is 7.55. The van der Waals surface area contributed by atoms with Gasteiger partial charge in [-0.05, 0) is 46.8 Å². The Labute approximate surface area is 143 Å². The Bertz CT molecular complexity index is 936. The highest BCUT2D eigenvalue weighted by molar-refractivity contribution is 7.22. The smallest absolute Gasteiger partial charge is 0.260 e. The van der Waals surface area contributed by atoms with Crippen LogP contribution in [-0.2, 0) is 5.54 Å². The number of benzene rings is 1. The largest absolute Gasteiger partial charge is 0.298 e. The SMILES string of the molecule is Cc1c(F)ccc2sc(NC(=O)c3cnn(C(C)(C)C)c3C)nc12. The minimum absolute atomic E-state index is 0.201. The average Bonchev–Trinajstić information content (AvgIpc) is 3.06. The zero-order valence-corrected chi connectivity index (χ0v) is 15.1. The van der Waals surface area contributed by atoms with E-state index in [0.29, 0.717) is 21.8 Å². The van der Waals surface area contributed by atoms with Crippen LogP contribution in [-0.4, -0.2) is 20.7 Å². The normalized spacial score (nSPS) is 11.9. The van der Waals surface area contributed by atoms with Crippen molar-refractivity contribution < 1.29 is 9.18 Å². The van der Waals surface area contributed by atoms with Crippen LogP contribution in [0.25, 0.3) is 10.2 Å². The summed E-state index contributed by atoms with van der Waals surface area (Å²) in [5.41, 5.74) is 2.17. The predicted octanol–water partition coefficient (Wildman–Crippen LogP) is 4.26. The van der Waals surface area contributed by atoms with Gasteiger partial charge in [-0.15, -0.1) is 0 Å². The van der Waals surface area contributed by atoms with Gasteiger partial charge in [0.15, 0.2) is 5.13 Å². The number of rotatable bonds is 2. The molecule has 0 atom stereocenters. The molecule has 0 fully saturated rings. The molecule has 7 heteroatoms. The van der Waals surface area contributed by atoms with E-state index in [1.165, 1.54) is 17.4 Å². The molecule has 0 radical (unpaired) electrons. The number of nitrogens with zero attached hydrogens (tertiary/aromatic N) is 3. The Morgan fingerprint density at radius 1 is 1.29 bits per heavy atom. The molecule has 2 heterocycles. The van der Waals surface area contributed by atoms with Gasteiger partial charge in [0, 0.05) is 11.3 Å². The average molecular weight is 346 g/mol. The second-order valence-electron chi connectivity index (χ2n) is 6.72. The van der Waals surface area contributed by atoms with Gasteiger partial charge in [-0.1, -0.05) is 11.3 Å². The number of thiazole rings is 1. The van der Waals surface area contributed by atoms with E-state index in [1.807, 2.05) is 32.4 Å². The molecular formula is C17H19FN4OS. The molecule has 0 saturated carbocycles. The summed E-state index contributed by atoms with van der Waals surface area (Å²) < 4.78 is 16.3. The van der Waals surface area contributed by atoms with Gasteiger partial charge >= 0.3 is 0 Å². The molecule has 24 heavy (non-hydrogen) atoms. The van der Waals surface area contributed by atoms with Crippen LogP contribution in [0.4, 0.5) is 9.52 Å². The molecule has 0 aliphatic rings. The third kappa shape index (κ3) is 2.80. The summed E-state index contributed by atoms with van der Waals surface area (Å²) in [6, 6.07) is 3.09. The van der Waals surface area contributed by atoms with E-state index < -0.39 is 0 Å². The van der Waals surface area contributed by atoms with Crippen LogP contribution >= 0.6 is 11.3 Å². The van der Waals surface area contributed by atoms with Crippen molar-refractivity contribution in [2.45, 2.75) is 40.2 Å². The molecule has 2 aromatic heterocycles. The van der Waals surface area contributed by atoms with Gasteiger partial charge in [0.25, 0.3) is 5.91 Å². The number of aromatic nitrogens is 3. The summed E-state index contributed by atoms with van der Waals surface area (Å²) in [7, 11) is 0. The number of nitrogens with one attached hydrogen (secondary N) is 1. The van der Waals surface area contributed by atoms with Gasteiger partial charge < -0.3 is 0 Å². The maximum atomic E-state index is 13.6. The number of carbonyl (C=O) groups is 1. The number of halogens is 1. The summed E-state index contributed by atoms with van der Waals surface area (Å²) >= 11 is 1.32. The van der Waals surface area contributed by atoms with Crippen LogP contribution in [0.2, 0.25) is 0 Å². The second-order valence-corrected chi connectivity index (χ2v) is 7.75. The number of aryl methyl sites for hydroxylation is 1. The number of hydrogen-bond acceptors (Lipinski definition) is 4. The van der Waals surface area contributed by atoms with Crippen LogP contribution in [0.1, 0.15) is 42.4 Å². The number of anilines is 1. The number of amides is 1. The highest BCUT2D eigenvalue weighted by Gasteiger charge is 2.22. The van der Waals surface area contributed by atoms with Crippen LogP contribution in [0.5, 0.6) is 0 Å². The highest BCUT2D eigenvalue weighted by atomic mass is 32.1. The quantitative estimate of drug-likeness (QED) is 0.754. The molecule has 3 rings (SSSR count).